The number of carbonyl (C=O) groups is 1. The van der Waals surface area contributed by atoms with Gasteiger partial charge in [0.15, 0.2) is 5.16 Å². The molecule has 0 saturated carbocycles. The molecule has 2 aromatic rings. The van der Waals surface area contributed by atoms with Crippen molar-refractivity contribution >= 4 is 34.0 Å². The van der Waals surface area contributed by atoms with E-state index in [1.165, 1.54) is 23.1 Å². The Bertz CT molecular complexity index is 700. The first-order valence-corrected chi connectivity index (χ1v) is 8.47. The Balaban J connectivity index is 1.77. The Kier molecular flexibility index (Phi) is 3.99. The number of carbonyl (C=O) groups excluding carboxylic acids is 1. The number of hydrogen-bond acceptors (Lipinski definition) is 5. The summed E-state index contributed by atoms with van der Waals surface area (Å²) in [5.74, 6) is 0.0737. The highest BCUT2D eigenvalue weighted by molar-refractivity contribution is 8.00. The van der Waals surface area contributed by atoms with Crippen LogP contribution in [0.5, 0.6) is 0 Å². The van der Waals surface area contributed by atoms with E-state index < -0.39 is 0 Å². The minimum absolute atomic E-state index is 0.0737. The molecule has 2 aromatic heterocycles. The van der Waals surface area contributed by atoms with Crippen LogP contribution in [0, 0.1) is 11.3 Å². The van der Waals surface area contributed by atoms with Crippen LogP contribution in [0.2, 0.25) is 0 Å². The van der Waals surface area contributed by atoms with E-state index in [1.54, 1.807) is 17.2 Å². The number of nitriles is 1. The molecule has 0 aromatic carbocycles. The van der Waals surface area contributed by atoms with Gasteiger partial charge in [0.25, 0.3) is 0 Å². The first-order valence-electron chi connectivity index (χ1n) is 6.71. The normalized spacial score (nSPS) is 18.2. The Hall–Kier alpha value is -1.78. The van der Waals surface area contributed by atoms with Crippen LogP contribution < -0.4 is 4.90 Å². The van der Waals surface area contributed by atoms with Gasteiger partial charge >= 0.3 is 0 Å². The van der Waals surface area contributed by atoms with E-state index >= 15 is 0 Å². The monoisotopic (exact) mass is 318 g/mol. The standard InChI is InChI=1S/C14H14N4OS2/c1-2-17-7-5-16-14(17)21-11-3-6-18(12(11)19)13-10(9-15)4-8-20-13/h4-5,7-8,11H,2-3,6H2,1H3. The minimum Gasteiger partial charge on any atom is -0.326 e. The van der Waals surface area contributed by atoms with Gasteiger partial charge in [-0.2, -0.15) is 5.26 Å². The van der Waals surface area contributed by atoms with Crippen molar-refractivity contribution in [1.82, 2.24) is 9.55 Å². The second kappa shape index (κ2) is 5.92. The molecule has 21 heavy (non-hydrogen) atoms. The molecule has 7 heteroatoms. The second-order valence-electron chi connectivity index (χ2n) is 4.63. The van der Waals surface area contributed by atoms with Gasteiger partial charge in [-0.05, 0) is 24.8 Å². The Morgan fingerprint density at radius 3 is 3.24 bits per heavy atom. The number of aryl methyl sites for hydroxylation is 1. The van der Waals surface area contributed by atoms with Gasteiger partial charge in [0.05, 0.1) is 10.8 Å². The molecule has 1 atom stereocenters. The quantitative estimate of drug-likeness (QED) is 0.869. The molecule has 0 aliphatic carbocycles. The molecule has 1 saturated heterocycles. The van der Waals surface area contributed by atoms with E-state index in [1.807, 2.05) is 16.1 Å². The van der Waals surface area contributed by atoms with Crippen molar-refractivity contribution in [3.63, 3.8) is 0 Å². The van der Waals surface area contributed by atoms with E-state index in [9.17, 15) is 4.79 Å². The molecular formula is C14H14N4OS2. The smallest absolute Gasteiger partial charge is 0.241 e. The van der Waals surface area contributed by atoms with Crippen molar-refractivity contribution in [2.24, 2.45) is 0 Å². The van der Waals surface area contributed by atoms with Gasteiger partial charge in [-0.1, -0.05) is 11.8 Å². The van der Waals surface area contributed by atoms with Gasteiger partial charge in [0, 0.05) is 25.5 Å². The van der Waals surface area contributed by atoms with Crippen molar-refractivity contribution < 1.29 is 4.79 Å². The van der Waals surface area contributed by atoms with Crippen LogP contribution in [0.3, 0.4) is 0 Å². The average Bonchev–Trinajstić information content (AvgIpc) is 3.20. The molecule has 108 valence electrons. The summed E-state index contributed by atoms with van der Waals surface area (Å²) in [6.07, 6.45) is 4.46. The molecule has 0 spiro atoms. The number of aromatic nitrogens is 2. The molecule has 3 rings (SSSR count). The maximum atomic E-state index is 12.6. The fourth-order valence-electron chi connectivity index (χ4n) is 2.34. The van der Waals surface area contributed by atoms with Crippen LogP contribution in [0.1, 0.15) is 18.9 Å². The lowest BCUT2D eigenvalue weighted by molar-refractivity contribution is -0.116. The first-order chi connectivity index (χ1) is 10.2. The zero-order chi connectivity index (χ0) is 14.8. The summed E-state index contributed by atoms with van der Waals surface area (Å²) >= 11 is 2.96. The third-order valence-electron chi connectivity index (χ3n) is 3.43. The lowest BCUT2D eigenvalue weighted by atomic mass is 10.3. The Morgan fingerprint density at radius 1 is 1.62 bits per heavy atom. The van der Waals surface area contributed by atoms with Gasteiger partial charge in [-0.25, -0.2) is 4.98 Å². The molecule has 1 aliphatic heterocycles. The van der Waals surface area contributed by atoms with Gasteiger partial charge in [0.2, 0.25) is 5.91 Å². The Morgan fingerprint density at radius 2 is 2.48 bits per heavy atom. The van der Waals surface area contributed by atoms with Crippen LogP contribution >= 0.6 is 23.1 Å². The third-order valence-corrected chi connectivity index (χ3v) is 5.64. The van der Waals surface area contributed by atoms with Gasteiger partial charge < -0.3 is 9.47 Å². The van der Waals surface area contributed by atoms with Crippen LogP contribution in [-0.2, 0) is 11.3 Å². The lowest BCUT2D eigenvalue weighted by Crippen LogP contribution is -2.28. The number of nitrogens with zero attached hydrogens (tertiary/aromatic N) is 4. The molecule has 5 nitrogen and oxygen atoms in total. The van der Waals surface area contributed by atoms with Crippen molar-refractivity contribution in [3.05, 3.63) is 29.4 Å². The molecule has 1 fully saturated rings. The van der Waals surface area contributed by atoms with Crippen LogP contribution in [0.4, 0.5) is 5.00 Å². The van der Waals surface area contributed by atoms with Crippen molar-refractivity contribution in [1.29, 1.82) is 5.26 Å². The molecule has 0 radical (unpaired) electrons. The van der Waals surface area contributed by atoms with E-state index in [4.69, 9.17) is 5.26 Å². The number of hydrogen-bond donors (Lipinski definition) is 0. The van der Waals surface area contributed by atoms with Gasteiger partial charge in [-0.15, -0.1) is 11.3 Å². The van der Waals surface area contributed by atoms with Crippen LogP contribution in [-0.4, -0.2) is 27.3 Å². The summed E-state index contributed by atoms with van der Waals surface area (Å²) in [6.45, 7) is 3.56. The highest BCUT2D eigenvalue weighted by atomic mass is 32.2. The Labute approximate surface area is 131 Å². The molecule has 0 bridgehead atoms. The molecule has 1 unspecified atom stereocenters. The highest BCUT2D eigenvalue weighted by Crippen LogP contribution is 2.36. The highest BCUT2D eigenvalue weighted by Gasteiger charge is 2.35. The zero-order valence-corrected chi connectivity index (χ0v) is 13.2. The maximum Gasteiger partial charge on any atom is 0.241 e. The summed E-state index contributed by atoms with van der Waals surface area (Å²) < 4.78 is 2.03. The predicted octanol–water partition coefficient (Wildman–Crippen LogP) is 2.73. The first kappa shape index (κ1) is 14.2. The molecule has 1 aliphatic rings. The average molecular weight is 318 g/mol. The third kappa shape index (κ3) is 2.57. The molecular weight excluding hydrogens is 304 g/mol. The maximum absolute atomic E-state index is 12.6. The molecule has 0 N–H and O–H groups in total. The summed E-state index contributed by atoms with van der Waals surface area (Å²) in [7, 11) is 0. The second-order valence-corrected chi connectivity index (χ2v) is 6.70. The van der Waals surface area contributed by atoms with Crippen molar-refractivity contribution in [2.45, 2.75) is 30.3 Å². The van der Waals surface area contributed by atoms with Crippen LogP contribution in [0.25, 0.3) is 0 Å². The van der Waals surface area contributed by atoms with E-state index in [-0.39, 0.29) is 11.2 Å². The number of imidazole rings is 1. The lowest BCUT2D eigenvalue weighted by Gasteiger charge is -2.15. The number of thioether (sulfide) groups is 1. The summed E-state index contributed by atoms with van der Waals surface area (Å²) in [5, 5.41) is 12.5. The van der Waals surface area contributed by atoms with Crippen molar-refractivity contribution in [2.75, 3.05) is 11.4 Å². The fourth-order valence-corrected chi connectivity index (χ4v) is 4.38. The SMILES string of the molecule is CCn1ccnc1SC1CCN(c2sccc2C#N)C1=O. The number of rotatable bonds is 4. The summed E-state index contributed by atoms with van der Waals surface area (Å²) in [4.78, 5) is 18.6. The topological polar surface area (TPSA) is 61.9 Å². The largest absolute Gasteiger partial charge is 0.326 e. The number of amides is 1. The van der Waals surface area contributed by atoms with E-state index in [0.717, 1.165) is 23.1 Å². The van der Waals surface area contributed by atoms with Crippen LogP contribution in [0.15, 0.2) is 29.0 Å². The van der Waals surface area contributed by atoms with E-state index in [0.29, 0.717) is 12.1 Å². The number of thiophene rings is 1. The zero-order valence-electron chi connectivity index (χ0n) is 11.5. The van der Waals surface area contributed by atoms with E-state index in [2.05, 4.69) is 18.0 Å². The molecule has 1 amide bonds. The summed E-state index contributed by atoms with van der Waals surface area (Å²) in [6, 6.07) is 3.91. The minimum atomic E-state index is -0.119. The number of anilines is 1. The van der Waals surface area contributed by atoms with Gasteiger partial charge in [0.1, 0.15) is 11.1 Å². The predicted molar refractivity (Wildman–Crippen MR) is 83.6 cm³/mol. The van der Waals surface area contributed by atoms with Crippen molar-refractivity contribution in [3.8, 4) is 6.07 Å². The summed E-state index contributed by atoms with van der Waals surface area (Å²) in [5.41, 5.74) is 0.578. The molecule has 3 heterocycles. The van der Waals surface area contributed by atoms with Gasteiger partial charge in [-0.3, -0.25) is 4.79 Å². The fraction of sp³-hybridized carbons (Fsp3) is 0.357.